The first-order chi connectivity index (χ1) is 8.34. The van der Waals surface area contributed by atoms with Crippen molar-refractivity contribution in [3.63, 3.8) is 0 Å². The van der Waals surface area contributed by atoms with Crippen molar-refractivity contribution in [2.45, 2.75) is 25.2 Å². The molecule has 0 atom stereocenters. The second-order valence-electron chi connectivity index (χ2n) is 4.54. The van der Waals surface area contributed by atoms with E-state index >= 15 is 0 Å². The third-order valence-electron chi connectivity index (χ3n) is 3.47. The molecule has 3 heteroatoms. The molecule has 0 radical (unpaired) electrons. The molecular weight excluding hydrogens is 210 g/mol. The highest BCUT2D eigenvalue weighted by Gasteiger charge is 2.22. The quantitative estimate of drug-likeness (QED) is 0.854. The monoisotopic (exact) mass is 225 g/mol. The van der Waals surface area contributed by atoms with Gasteiger partial charge in [0.25, 0.3) is 0 Å². The summed E-state index contributed by atoms with van der Waals surface area (Å²) in [6.45, 7) is 0. The lowest BCUT2D eigenvalue weighted by molar-refractivity contribution is 0.420. The molecule has 0 bridgehead atoms. The molecule has 1 aliphatic rings. The van der Waals surface area contributed by atoms with Gasteiger partial charge in [-0.15, -0.1) is 0 Å². The zero-order valence-electron chi connectivity index (χ0n) is 9.63. The molecule has 0 amide bonds. The fourth-order valence-electron chi connectivity index (χ4n) is 2.33. The summed E-state index contributed by atoms with van der Waals surface area (Å²) in [5.41, 5.74) is 9.25. The summed E-state index contributed by atoms with van der Waals surface area (Å²) in [6, 6.07) is 10.3. The van der Waals surface area contributed by atoms with Gasteiger partial charge in [-0.2, -0.15) is 0 Å². The zero-order chi connectivity index (χ0) is 11.7. The molecule has 0 saturated heterocycles. The number of benzene rings is 1. The van der Waals surface area contributed by atoms with Gasteiger partial charge in [0.1, 0.15) is 12.1 Å². The number of nitrogen functional groups attached to an aromatic ring is 1. The zero-order valence-corrected chi connectivity index (χ0v) is 9.63. The maximum Gasteiger partial charge on any atom is 0.127 e. The van der Waals surface area contributed by atoms with E-state index in [4.69, 9.17) is 5.73 Å². The molecule has 0 aliphatic heterocycles. The lowest BCUT2D eigenvalue weighted by Gasteiger charge is -2.27. The summed E-state index contributed by atoms with van der Waals surface area (Å²) in [7, 11) is 0. The van der Waals surface area contributed by atoms with Crippen molar-refractivity contribution in [1.29, 1.82) is 0 Å². The van der Waals surface area contributed by atoms with E-state index in [0.29, 0.717) is 11.7 Å². The van der Waals surface area contributed by atoms with Gasteiger partial charge in [-0.1, -0.05) is 30.7 Å². The third-order valence-corrected chi connectivity index (χ3v) is 3.47. The van der Waals surface area contributed by atoms with Crippen LogP contribution in [0, 0.1) is 0 Å². The van der Waals surface area contributed by atoms with Crippen LogP contribution in [-0.4, -0.2) is 9.97 Å². The Morgan fingerprint density at radius 1 is 1.12 bits per heavy atom. The Hall–Kier alpha value is -1.90. The van der Waals surface area contributed by atoms with Crippen LogP contribution in [0.4, 0.5) is 5.82 Å². The van der Waals surface area contributed by atoms with E-state index in [1.165, 1.54) is 36.7 Å². The molecule has 2 aromatic rings. The van der Waals surface area contributed by atoms with Gasteiger partial charge in [0, 0.05) is 11.6 Å². The summed E-state index contributed by atoms with van der Waals surface area (Å²) in [4.78, 5) is 8.26. The van der Waals surface area contributed by atoms with Crippen LogP contribution in [0.5, 0.6) is 0 Å². The SMILES string of the molecule is Nc1cc(-c2ccccc2C2CCC2)ncn1. The smallest absolute Gasteiger partial charge is 0.127 e. The van der Waals surface area contributed by atoms with Crippen LogP contribution in [0.3, 0.4) is 0 Å². The first kappa shape index (κ1) is 10.3. The van der Waals surface area contributed by atoms with Gasteiger partial charge in [0.05, 0.1) is 5.69 Å². The maximum absolute atomic E-state index is 5.72. The Morgan fingerprint density at radius 2 is 1.94 bits per heavy atom. The number of hydrogen-bond acceptors (Lipinski definition) is 3. The Kier molecular flexibility index (Phi) is 2.52. The number of aromatic nitrogens is 2. The second-order valence-corrected chi connectivity index (χ2v) is 4.54. The predicted molar refractivity (Wildman–Crippen MR) is 68.5 cm³/mol. The highest BCUT2D eigenvalue weighted by molar-refractivity contribution is 5.66. The Morgan fingerprint density at radius 3 is 2.65 bits per heavy atom. The number of rotatable bonds is 2. The van der Waals surface area contributed by atoms with E-state index in [9.17, 15) is 0 Å². The van der Waals surface area contributed by atoms with Gasteiger partial charge in [-0.25, -0.2) is 9.97 Å². The summed E-state index contributed by atoms with van der Waals surface area (Å²) < 4.78 is 0. The molecule has 1 fully saturated rings. The largest absolute Gasteiger partial charge is 0.384 e. The van der Waals surface area contributed by atoms with E-state index in [2.05, 4.69) is 34.2 Å². The number of anilines is 1. The van der Waals surface area contributed by atoms with Gasteiger partial charge in [0.2, 0.25) is 0 Å². The molecule has 3 nitrogen and oxygen atoms in total. The Balaban J connectivity index is 2.07. The van der Waals surface area contributed by atoms with Gasteiger partial charge in [-0.05, 0) is 24.3 Å². The average molecular weight is 225 g/mol. The summed E-state index contributed by atoms with van der Waals surface area (Å²) in [5, 5.41) is 0. The van der Waals surface area contributed by atoms with Gasteiger partial charge in [0.15, 0.2) is 0 Å². The van der Waals surface area contributed by atoms with Crippen LogP contribution in [0.15, 0.2) is 36.7 Å². The molecule has 0 unspecified atom stereocenters. The molecule has 17 heavy (non-hydrogen) atoms. The van der Waals surface area contributed by atoms with Crippen molar-refractivity contribution in [1.82, 2.24) is 9.97 Å². The van der Waals surface area contributed by atoms with E-state index in [-0.39, 0.29) is 0 Å². The van der Waals surface area contributed by atoms with Crippen LogP contribution in [-0.2, 0) is 0 Å². The molecule has 86 valence electrons. The van der Waals surface area contributed by atoms with Crippen LogP contribution in [0.1, 0.15) is 30.7 Å². The normalized spacial score (nSPS) is 15.5. The summed E-state index contributed by atoms with van der Waals surface area (Å²) >= 11 is 0. The highest BCUT2D eigenvalue weighted by Crippen LogP contribution is 2.40. The molecule has 2 N–H and O–H groups in total. The molecule has 1 saturated carbocycles. The molecule has 1 aromatic heterocycles. The van der Waals surface area contributed by atoms with Crippen molar-refractivity contribution in [2.24, 2.45) is 0 Å². The molecule has 1 heterocycles. The molecule has 3 rings (SSSR count). The molecular formula is C14H15N3. The van der Waals surface area contributed by atoms with Crippen molar-refractivity contribution >= 4 is 5.82 Å². The van der Waals surface area contributed by atoms with Crippen LogP contribution >= 0.6 is 0 Å². The molecule has 1 aliphatic carbocycles. The number of hydrogen-bond donors (Lipinski definition) is 1. The summed E-state index contributed by atoms with van der Waals surface area (Å²) in [6.07, 6.45) is 5.45. The van der Waals surface area contributed by atoms with Crippen LogP contribution < -0.4 is 5.73 Å². The van der Waals surface area contributed by atoms with Crippen molar-refractivity contribution < 1.29 is 0 Å². The fraction of sp³-hybridized carbons (Fsp3) is 0.286. The second kappa shape index (κ2) is 4.17. The highest BCUT2D eigenvalue weighted by atomic mass is 14.9. The maximum atomic E-state index is 5.72. The average Bonchev–Trinajstić information content (AvgIpc) is 2.27. The minimum atomic E-state index is 0.526. The first-order valence-electron chi connectivity index (χ1n) is 6.01. The van der Waals surface area contributed by atoms with E-state index < -0.39 is 0 Å². The third kappa shape index (κ3) is 1.88. The van der Waals surface area contributed by atoms with Crippen LogP contribution in [0.2, 0.25) is 0 Å². The lowest BCUT2D eigenvalue weighted by Crippen LogP contribution is -2.10. The topological polar surface area (TPSA) is 51.8 Å². The van der Waals surface area contributed by atoms with Gasteiger partial charge in [-0.3, -0.25) is 0 Å². The summed E-state index contributed by atoms with van der Waals surface area (Å²) in [5.74, 6) is 1.22. The van der Waals surface area contributed by atoms with Crippen molar-refractivity contribution in [2.75, 3.05) is 5.73 Å². The standard InChI is InChI=1S/C14H15N3/c15-14-8-13(16-9-17-14)12-7-2-1-6-11(12)10-4-3-5-10/h1-2,6-10H,3-5H2,(H2,15,16,17). The van der Waals surface area contributed by atoms with E-state index in [1.54, 1.807) is 0 Å². The Labute approximate surface area is 101 Å². The minimum absolute atomic E-state index is 0.526. The minimum Gasteiger partial charge on any atom is -0.384 e. The lowest BCUT2D eigenvalue weighted by atomic mass is 9.78. The van der Waals surface area contributed by atoms with Gasteiger partial charge >= 0.3 is 0 Å². The van der Waals surface area contributed by atoms with Crippen molar-refractivity contribution in [3.8, 4) is 11.3 Å². The first-order valence-corrected chi connectivity index (χ1v) is 6.01. The molecule has 0 spiro atoms. The Bertz CT molecular complexity index is 532. The van der Waals surface area contributed by atoms with Crippen LogP contribution in [0.25, 0.3) is 11.3 Å². The van der Waals surface area contributed by atoms with E-state index in [1.807, 2.05) is 6.07 Å². The number of nitrogens with two attached hydrogens (primary N) is 1. The number of nitrogens with zero attached hydrogens (tertiary/aromatic N) is 2. The fourth-order valence-corrected chi connectivity index (χ4v) is 2.33. The van der Waals surface area contributed by atoms with Crippen molar-refractivity contribution in [3.05, 3.63) is 42.2 Å². The van der Waals surface area contributed by atoms with Gasteiger partial charge < -0.3 is 5.73 Å². The molecule has 1 aromatic carbocycles. The van der Waals surface area contributed by atoms with E-state index in [0.717, 1.165) is 5.69 Å². The predicted octanol–water partition coefficient (Wildman–Crippen LogP) is 2.99.